The highest BCUT2D eigenvalue weighted by molar-refractivity contribution is 7.89. The highest BCUT2D eigenvalue weighted by Crippen LogP contribution is 2.17. The first-order valence-corrected chi connectivity index (χ1v) is 7.52. The number of hydrogen-bond donors (Lipinski definition) is 3. The minimum Gasteiger partial charge on any atom is -0.369 e. The standard InChI is InChI=1S/C10H15N7O2S/c1-2-5-11-10-8(4-3-6-12-10)20(18,19)13-7-9-14-16-17-15-9/h3-4,6,13H,2,5,7H2,1H3,(H,11,12)(H,14,15,16,17). The van der Waals surface area contributed by atoms with E-state index in [0.717, 1.165) is 6.42 Å². The van der Waals surface area contributed by atoms with E-state index in [2.05, 4.69) is 35.6 Å². The SMILES string of the molecule is CCCNc1ncccc1S(=O)(=O)NCc1nn[nH]n1. The number of anilines is 1. The third kappa shape index (κ3) is 3.48. The number of tetrazole rings is 1. The second-order valence-electron chi connectivity index (χ2n) is 3.93. The van der Waals surface area contributed by atoms with Crippen LogP contribution in [-0.2, 0) is 16.6 Å². The van der Waals surface area contributed by atoms with Crippen molar-refractivity contribution in [2.24, 2.45) is 0 Å². The lowest BCUT2D eigenvalue weighted by molar-refractivity contribution is 0.579. The van der Waals surface area contributed by atoms with E-state index in [4.69, 9.17) is 0 Å². The molecule has 0 aliphatic carbocycles. The summed E-state index contributed by atoms with van der Waals surface area (Å²) in [6.45, 7) is 2.59. The van der Waals surface area contributed by atoms with Crippen molar-refractivity contribution in [3.63, 3.8) is 0 Å². The van der Waals surface area contributed by atoms with Gasteiger partial charge in [0.05, 0.1) is 6.54 Å². The highest BCUT2D eigenvalue weighted by atomic mass is 32.2. The predicted molar refractivity (Wildman–Crippen MR) is 71.2 cm³/mol. The molecule has 0 unspecified atom stereocenters. The fraction of sp³-hybridized carbons (Fsp3) is 0.400. The molecular weight excluding hydrogens is 282 g/mol. The molecule has 3 N–H and O–H groups in total. The normalized spacial score (nSPS) is 11.4. The fourth-order valence-corrected chi connectivity index (χ4v) is 2.59. The average Bonchev–Trinajstić information content (AvgIpc) is 2.97. The van der Waals surface area contributed by atoms with Gasteiger partial charge in [-0.25, -0.2) is 18.1 Å². The van der Waals surface area contributed by atoms with Gasteiger partial charge in [0.25, 0.3) is 0 Å². The maximum absolute atomic E-state index is 12.2. The van der Waals surface area contributed by atoms with Crippen molar-refractivity contribution in [2.45, 2.75) is 24.8 Å². The fourth-order valence-electron chi connectivity index (χ4n) is 1.48. The van der Waals surface area contributed by atoms with Gasteiger partial charge in [0.15, 0.2) is 5.82 Å². The van der Waals surface area contributed by atoms with Gasteiger partial charge >= 0.3 is 0 Å². The Kier molecular flexibility index (Phi) is 4.58. The summed E-state index contributed by atoms with van der Waals surface area (Å²) in [6, 6.07) is 3.06. The maximum Gasteiger partial charge on any atom is 0.244 e. The van der Waals surface area contributed by atoms with E-state index in [1.54, 1.807) is 6.07 Å². The molecule has 0 atom stereocenters. The topological polar surface area (TPSA) is 126 Å². The van der Waals surface area contributed by atoms with Gasteiger partial charge in [-0.2, -0.15) is 5.21 Å². The molecule has 9 nitrogen and oxygen atoms in total. The zero-order chi connectivity index (χ0) is 14.4. The van der Waals surface area contributed by atoms with Crippen LogP contribution < -0.4 is 10.0 Å². The van der Waals surface area contributed by atoms with Gasteiger partial charge in [-0.3, -0.25) is 0 Å². The predicted octanol–water partition coefficient (Wildman–Crippen LogP) is -0.105. The van der Waals surface area contributed by atoms with E-state index in [0.29, 0.717) is 12.4 Å². The van der Waals surface area contributed by atoms with E-state index in [1.165, 1.54) is 12.3 Å². The Labute approximate surface area is 116 Å². The molecule has 0 spiro atoms. The van der Waals surface area contributed by atoms with Gasteiger partial charge < -0.3 is 5.32 Å². The summed E-state index contributed by atoms with van der Waals surface area (Å²) in [5, 5.41) is 16.0. The number of pyridine rings is 1. The monoisotopic (exact) mass is 297 g/mol. The molecular formula is C10H15N7O2S. The Hall–Kier alpha value is -2.07. The number of H-pyrrole nitrogens is 1. The third-order valence-electron chi connectivity index (χ3n) is 2.41. The van der Waals surface area contributed by atoms with Crippen LogP contribution in [0.4, 0.5) is 5.82 Å². The molecule has 2 aromatic heterocycles. The molecule has 0 aromatic carbocycles. The molecule has 0 saturated heterocycles. The summed E-state index contributed by atoms with van der Waals surface area (Å²) in [5.74, 6) is 0.593. The lowest BCUT2D eigenvalue weighted by Gasteiger charge is -2.10. The maximum atomic E-state index is 12.2. The molecule has 0 radical (unpaired) electrons. The van der Waals surface area contributed by atoms with E-state index in [9.17, 15) is 8.42 Å². The molecule has 0 saturated carbocycles. The van der Waals surface area contributed by atoms with Crippen LogP contribution in [0.5, 0.6) is 0 Å². The quantitative estimate of drug-likeness (QED) is 0.651. The smallest absolute Gasteiger partial charge is 0.244 e. The molecule has 0 bridgehead atoms. The van der Waals surface area contributed by atoms with Crippen molar-refractivity contribution in [1.82, 2.24) is 30.3 Å². The Morgan fingerprint density at radius 3 is 2.95 bits per heavy atom. The summed E-state index contributed by atoms with van der Waals surface area (Å²) in [4.78, 5) is 4.14. The number of nitrogens with zero attached hydrogens (tertiary/aromatic N) is 4. The van der Waals surface area contributed by atoms with Crippen LogP contribution in [-0.4, -0.2) is 40.6 Å². The average molecular weight is 297 g/mol. The van der Waals surface area contributed by atoms with Crippen LogP contribution in [0.25, 0.3) is 0 Å². The summed E-state index contributed by atoms with van der Waals surface area (Å²) in [6.07, 6.45) is 2.41. The van der Waals surface area contributed by atoms with E-state index >= 15 is 0 Å². The Balaban J connectivity index is 2.16. The van der Waals surface area contributed by atoms with Gasteiger partial charge in [0.2, 0.25) is 10.0 Å². The van der Waals surface area contributed by atoms with Crippen molar-refractivity contribution >= 4 is 15.8 Å². The molecule has 2 rings (SSSR count). The zero-order valence-corrected chi connectivity index (χ0v) is 11.7. The first kappa shape index (κ1) is 14.3. The molecule has 20 heavy (non-hydrogen) atoms. The van der Waals surface area contributed by atoms with Gasteiger partial charge in [-0.15, -0.1) is 10.2 Å². The Bertz CT molecular complexity index is 641. The summed E-state index contributed by atoms with van der Waals surface area (Å²) in [7, 11) is -3.69. The summed E-state index contributed by atoms with van der Waals surface area (Å²) in [5.41, 5.74) is 0. The van der Waals surface area contributed by atoms with Gasteiger partial charge in [0, 0.05) is 12.7 Å². The van der Waals surface area contributed by atoms with E-state index < -0.39 is 10.0 Å². The zero-order valence-electron chi connectivity index (χ0n) is 10.9. The second kappa shape index (κ2) is 6.39. The second-order valence-corrected chi connectivity index (χ2v) is 5.66. The van der Waals surface area contributed by atoms with Crippen molar-refractivity contribution in [2.75, 3.05) is 11.9 Å². The molecule has 0 fully saturated rings. The lowest BCUT2D eigenvalue weighted by atomic mass is 10.4. The molecule has 2 aromatic rings. The van der Waals surface area contributed by atoms with Crippen molar-refractivity contribution < 1.29 is 8.42 Å². The number of nitrogens with one attached hydrogen (secondary N) is 3. The van der Waals surface area contributed by atoms with Crippen LogP contribution >= 0.6 is 0 Å². The third-order valence-corrected chi connectivity index (χ3v) is 3.85. The van der Waals surface area contributed by atoms with Gasteiger partial charge in [-0.1, -0.05) is 12.1 Å². The van der Waals surface area contributed by atoms with Crippen molar-refractivity contribution in [3.8, 4) is 0 Å². The minimum atomic E-state index is -3.69. The van der Waals surface area contributed by atoms with E-state index in [1.807, 2.05) is 6.92 Å². The molecule has 0 amide bonds. The molecule has 2 heterocycles. The number of rotatable bonds is 7. The number of aromatic amines is 1. The lowest BCUT2D eigenvalue weighted by Crippen LogP contribution is -2.25. The minimum absolute atomic E-state index is 0.0407. The largest absolute Gasteiger partial charge is 0.369 e. The first-order valence-electron chi connectivity index (χ1n) is 6.04. The van der Waals surface area contributed by atoms with Crippen LogP contribution in [0.15, 0.2) is 23.2 Å². The number of hydrogen-bond acceptors (Lipinski definition) is 7. The van der Waals surface area contributed by atoms with Gasteiger partial charge in [0.1, 0.15) is 10.7 Å². The summed E-state index contributed by atoms with van der Waals surface area (Å²) >= 11 is 0. The van der Waals surface area contributed by atoms with E-state index in [-0.39, 0.29) is 17.3 Å². The molecule has 10 heteroatoms. The molecule has 0 aliphatic rings. The Morgan fingerprint density at radius 2 is 2.25 bits per heavy atom. The molecule has 108 valence electrons. The number of sulfonamides is 1. The summed E-state index contributed by atoms with van der Waals surface area (Å²) < 4.78 is 26.9. The first-order chi connectivity index (χ1) is 9.63. The van der Waals surface area contributed by atoms with Crippen LogP contribution in [0.3, 0.4) is 0 Å². The van der Waals surface area contributed by atoms with Gasteiger partial charge in [-0.05, 0) is 18.6 Å². The van der Waals surface area contributed by atoms with Crippen LogP contribution in [0.1, 0.15) is 19.2 Å². The van der Waals surface area contributed by atoms with Crippen molar-refractivity contribution in [1.29, 1.82) is 0 Å². The Morgan fingerprint density at radius 1 is 1.40 bits per heavy atom. The highest BCUT2D eigenvalue weighted by Gasteiger charge is 2.19. The number of aromatic nitrogens is 5. The van der Waals surface area contributed by atoms with Crippen LogP contribution in [0, 0.1) is 0 Å². The van der Waals surface area contributed by atoms with Crippen molar-refractivity contribution in [3.05, 3.63) is 24.2 Å². The molecule has 0 aliphatic heterocycles. The van der Waals surface area contributed by atoms with Crippen LogP contribution in [0.2, 0.25) is 0 Å².